The number of aromatic nitrogens is 4. The van der Waals surface area contributed by atoms with E-state index in [2.05, 4.69) is 34.7 Å². The number of carbonyl (C=O) groups is 1. The topological polar surface area (TPSA) is 92.9 Å². The third-order valence-corrected chi connectivity index (χ3v) is 2.47. The molecular formula is C10H19N5O2. The average molecular weight is 241 g/mol. The molecule has 96 valence electrons. The Hall–Kier alpha value is -1.50. The monoisotopic (exact) mass is 241 g/mol. The summed E-state index contributed by atoms with van der Waals surface area (Å²) in [5.74, 6) is -0.116. The highest BCUT2D eigenvalue weighted by molar-refractivity contribution is 5.75. The minimum Gasteiger partial charge on any atom is -0.396 e. The zero-order chi connectivity index (χ0) is 12.7. The first-order chi connectivity index (χ1) is 8.03. The van der Waals surface area contributed by atoms with Gasteiger partial charge in [0.25, 0.3) is 0 Å². The van der Waals surface area contributed by atoms with Gasteiger partial charge >= 0.3 is 0 Å². The number of aliphatic hydroxyl groups is 1. The fourth-order valence-electron chi connectivity index (χ4n) is 1.44. The molecule has 1 rings (SSSR count). The van der Waals surface area contributed by atoms with Crippen molar-refractivity contribution in [3.8, 4) is 0 Å². The number of tetrazole rings is 1. The van der Waals surface area contributed by atoms with Crippen LogP contribution in [0, 0.1) is 5.41 Å². The summed E-state index contributed by atoms with van der Waals surface area (Å²) in [7, 11) is 0. The van der Waals surface area contributed by atoms with Crippen molar-refractivity contribution in [2.45, 2.75) is 33.2 Å². The molecule has 0 fully saturated rings. The van der Waals surface area contributed by atoms with E-state index in [0.29, 0.717) is 6.54 Å². The van der Waals surface area contributed by atoms with Gasteiger partial charge < -0.3 is 10.4 Å². The van der Waals surface area contributed by atoms with Crippen LogP contribution in [0.25, 0.3) is 0 Å². The van der Waals surface area contributed by atoms with Gasteiger partial charge in [0.2, 0.25) is 5.91 Å². The van der Waals surface area contributed by atoms with E-state index < -0.39 is 0 Å². The first-order valence-electron chi connectivity index (χ1n) is 5.62. The van der Waals surface area contributed by atoms with Gasteiger partial charge in [-0.2, -0.15) is 0 Å². The maximum absolute atomic E-state index is 11.6. The lowest BCUT2D eigenvalue weighted by Crippen LogP contribution is -2.36. The van der Waals surface area contributed by atoms with E-state index >= 15 is 0 Å². The minimum atomic E-state index is -0.116. The predicted octanol–water partition coefficient (Wildman–Crippen LogP) is -0.412. The Labute approximate surface area is 100 Å². The molecule has 1 aromatic rings. The van der Waals surface area contributed by atoms with E-state index in [1.165, 1.54) is 11.0 Å². The van der Waals surface area contributed by atoms with Gasteiger partial charge in [0, 0.05) is 13.2 Å². The SMILES string of the molecule is CC(C)(CCCO)CNC(=O)Cn1cnnn1. The molecule has 0 saturated heterocycles. The first-order valence-corrected chi connectivity index (χ1v) is 5.62. The first kappa shape index (κ1) is 13.6. The lowest BCUT2D eigenvalue weighted by atomic mass is 9.88. The van der Waals surface area contributed by atoms with Gasteiger partial charge in [0.05, 0.1) is 0 Å². The van der Waals surface area contributed by atoms with E-state index in [4.69, 9.17) is 5.11 Å². The Morgan fingerprint density at radius 3 is 2.88 bits per heavy atom. The number of nitrogens with zero attached hydrogens (tertiary/aromatic N) is 4. The molecule has 1 aromatic heterocycles. The highest BCUT2D eigenvalue weighted by Crippen LogP contribution is 2.20. The fourth-order valence-corrected chi connectivity index (χ4v) is 1.44. The molecule has 0 aliphatic heterocycles. The average Bonchev–Trinajstić information content (AvgIpc) is 2.77. The highest BCUT2D eigenvalue weighted by atomic mass is 16.2. The van der Waals surface area contributed by atoms with Crippen molar-refractivity contribution in [1.29, 1.82) is 0 Å². The molecule has 0 spiro atoms. The molecule has 17 heavy (non-hydrogen) atoms. The summed E-state index contributed by atoms with van der Waals surface area (Å²) >= 11 is 0. The van der Waals surface area contributed by atoms with Crippen molar-refractivity contribution >= 4 is 5.91 Å². The smallest absolute Gasteiger partial charge is 0.241 e. The Morgan fingerprint density at radius 1 is 1.53 bits per heavy atom. The van der Waals surface area contributed by atoms with Crippen LogP contribution in [0.15, 0.2) is 6.33 Å². The summed E-state index contributed by atoms with van der Waals surface area (Å²) < 4.78 is 1.37. The Morgan fingerprint density at radius 2 is 2.29 bits per heavy atom. The Bertz CT molecular complexity index is 336. The summed E-state index contributed by atoms with van der Waals surface area (Å²) in [5, 5.41) is 22.1. The second kappa shape index (κ2) is 6.29. The molecule has 0 radical (unpaired) electrons. The highest BCUT2D eigenvalue weighted by Gasteiger charge is 2.18. The summed E-state index contributed by atoms with van der Waals surface area (Å²) in [6, 6.07) is 0. The molecule has 1 heterocycles. The second-order valence-corrected chi connectivity index (χ2v) is 4.78. The standard InChI is InChI=1S/C10H19N5O2/c1-10(2,4-3-5-16)7-11-9(17)6-15-8-12-13-14-15/h8,16H,3-7H2,1-2H3,(H,11,17). The van der Waals surface area contributed by atoms with Gasteiger partial charge in [-0.15, -0.1) is 5.10 Å². The molecular weight excluding hydrogens is 222 g/mol. The normalized spacial score (nSPS) is 11.5. The molecule has 1 amide bonds. The number of hydrogen-bond donors (Lipinski definition) is 2. The maximum atomic E-state index is 11.6. The van der Waals surface area contributed by atoms with Crippen LogP contribution in [0.3, 0.4) is 0 Å². The van der Waals surface area contributed by atoms with Crippen molar-refractivity contribution in [2.24, 2.45) is 5.41 Å². The quantitative estimate of drug-likeness (QED) is 0.677. The van der Waals surface area contributed by atoms with Gasteiger partial charge in [-0.05, 0) is 28.7 Å². The van der Waals surface area contributed by atoms with Crippen LogP contribution in [0.2, 0.25) is 0 Å². The lowest BCUT2D eigenvalue weighted by Gasteiger charge is -2.24. The molecule has 0 unspecified atom stereocenters. The van der Waals surface area contributed by atoms with E-state index in [1.807, 2.05) is 0 Å². The van der Waals surface area contributed by atoms with Crippen LogP contribution in [-0.4, -0.2) is 44.4 Å². The van der Waals surface area contributed by atoms with E-state index in [1.54, 1.807) is 0 Å². The summed E-state index contributed by atoms with van der Waals surface area (Å²) in [6.45, 7) is 5.00. The number of carbonyl (C=O) groups excluding carboxylic acids is 1. The third kappa shape index (κ3) is 5.39. The van der Waals surface area contributed by atoms with Crippen molar-refractivity contribution in [3.05, 3.63) is 6.33 Å². The van der Waals surface area contributed by atoms with Crippen LogP contribution < -0.4 is 5.32 Å². The lowest BCUT2D eigenvalue weighted by molar-refractivity contribution is -0.122. The molecule has 0 saturated carbocycles. The van der Waals surface area contributed by atoms with Crippen LogP contribution >= 0.6 is 0 Å². The number of amides is 1. The molecule has 2 N–H and O–H groups in total. The zero-order valence-corrected chi connectivity index (χ0v) is 10.3. The minimum absolute atomic E-state index is 0.0149. The van der Waals surface area contributed by atoms with Gasteiger partial charge in [0.1, 0.15) is 12.9 Å². The molecule has 7 heteroatoms. The van der Waals surface area contributed by atoms with Crippen molar-refractivity contribution < 1.29 is 9.90 Å². The number of nitrogens with one attached hydrogen (secondary N) is 1. The van der Waals surface area contributed by atoms with Crippen LogP contribution in [0.1, 0.15) is 26.7 Å². The van der Waals surface area contributed by atoms with Crippen LogP contribution in [0.5, 0.6) is 0 Å². The molecule has 0 aliphatic carbocycles. The fraction of sp³-hybridized carbons (Fsp3) is 0.800. The van der Waals surface area contributed by atoms with Crippen molar-refractivity contribution in [2.75, 3.05) is 13.2 Å². The molecule has 0 bridgehead atoms. The summed E-state index contributed by atoms with van der Waals surface area (Å²) in [4.78, 5) is 11.6. The van der Waals surface area contributed by atoms with E-state index in [9.17, 15) is 4.79 Å². The van der Waals surface area contributed by atoms with Gasteiger partial charge in [-0.1, -0.05) is 13.8 Å². The summed E-state index contributed by atoms with van der Waals surface area (Å²) in [6.07, 6.45) is 3.01. The van der Waals surface area contributed by atoms with Crippen molar-refractivity contribution in [1.82, 2.24) is 25.5 Å². The maximum Gasteiger partial charge on any atom is 0.241 e. The van der Waals surface area contributed by atoms with E-state index in [0.717, 1.165) is 12.8 Å². The summed E-state index contributed by atoms with van der Waals surface area (Å²) in [5.41, 5.74) is -0.0149. The zero-order valence-electron chi connectivity index (χ0n) is 10.3. The third-order valence-electron chi connectivity index (χ3n) is 2.47. The molecule has 0 atom stereocenters. The van der Waals surface area contributed by atoms with Gasteiger partial charge in [0.15, 0.2) is 0 Å². The van der Waals surface area contributed by atoms with Crippen LogP contribution in [-0.2, 0) is 11.3 Å². The number of aliphatic hydroxyl groups excluding tert-OH is 1. The van der Waals surface area contributed by atoms with E-state index in [-0.39, 0.29) is 24.5 Å². The molecule has 7 nitrogen and oxygen atoms in total. The predicted molar refractivity (Wildman–Crippen MR) is 60.9 cm³/mol. The largest absolute Gasteiger partial charge is 0.396 e. The molecule has 0 aromatic carbocycles. The van der Waals surface area contributed by atoms with Gasteiger partial charge in [-0.25, -0.2) is 4.68 Å². The Kier molecular flexibility index (Phi) is 5.02. The van der Waals surface area contributed by atoms with Crippen molar-refractivity contribution in [3.63, 3.8) is 0 Å². The van der Waals surface area contributed by atoms with Gasteiger partial charge in [-0.3, -0.25) is 4.79 Å². The molecule has 0 aliphatic rings. The number of rotatable bonds is 7. The number of hydrogen-bond acceptors (Lipinski definition) is 5. The Balaban J connectivity index is 2.27. The van der Waals surface area contributed by atoms with Crippen LogP contribution in [0.4, 0.5) is 0 Å². The second-order valence-electron chi connectivity index (χ2n) is 4.78.